The summed E-state index contributed by atoms with van der Waals surface area (Å²) in [7, 11) is 0. The molecule has 9 heteroatoms. The van der Waals surface area contributed by atoms with Gasteiger partial charge >= 0.3 is 0 Å². The van der Waals surface area contributed by atoms with E-state index in [9.17, 15) is 9.18 Å². The number of ether oxygens (including phenoxy) is 2. The van der Waals surface area contributed by atoms with E-state index in [2.05, 4.69) is 10.5 Å². The summed E-state index contributed by atoms with van der Waals surface area (Å²) in [6.07, 6.45) is 1.44. The molecule has 0 aliphatic carbocycles. The van der Waals surface area contributed by atoms with Crippen LogP contribution in [-0.4, -0.2) is 49.9 Å². The molecule has 3 rings (SSSR count). The maximum absolute atomic E-state index is 13.7. The van der Waals surface area contributed by atoms with Crippen LogP contribution in [0.15, 0.2) is 41.5 Å². The third kappa shape index (κ3) is 6.40. The molecule has 1 saturated heterocycles. The first-order valence-electron chi connectivity index (χ1n) is 9.00. The van der Waals surface area contributed by atoms with E-state index in [1.54, 1.807) is 30.3 Å². The number of morpholine rings is 1. The first kappa shape index (κ1) is 21.5. The van der Waals surface area contributed by atoms with E-state index in [4.69, 9.17) is 32.7 Å². The van der Waals surface area contributed by atoms with Crippen LogP contribution in [-0.2, 0) is 16.1 Å². The number of carbonyl (C=O) groups excluding carboxylic acids is 1. The molecule has 154 valence electrons. The van der Waals surface area contributed by atoms with Crippen molar-refractivity contribution in [3.8, 4) is 5.75 Å². The van der Waals surface area contributed by atoms with Gasteiger partial charge in [0.1, 0.15) is 12.4 Å². The number of nitrogens with one attached hydrogen (secondary N) is 1. The molecule has 0 unspecified atom stereocenters. The van der Waals surface area contributed by atoms with Gasteiger partial charge in [-0.2, -0.15) is 5.10 Å². The Morgan fingerprint density at radius 1 is 1.24 bits per heavy atom. The van der Waals surface area contributed by atoms with Crippen LogP contribution in [0.2, 0.25) is 10.0 Å². The molecule has 0 radical (unpaired) electrons. The summed E-state index contributed by atoms with van der Waals surface area (Å²) in [6.45, 7) is 2.94. The molecule has 6 nitrogen and oxygen atoms in total. The molecule has 0 saturated carbocycles. The number of halogens is 3. The van der Waals surface area contributed by atoms with Crippen LogP contribution in [0.1, 0.15) is 11.1 Å². The third-order valence-corrected chi connectivity index (χ3v) is 4.79. The molecule has 0 atom stereocenters. The van der Waals surface area contributed by atoms with E-state index in [0.29, 0.717) is 24.3 Å². The smallest absolute Gasteiger partial charge is 0.254 e. The third-order valence-electron chi connectivity index (χ3n) is 4.22. The molecule has 0 spiro atoms. The highest BCUT2D eigenvalue weighted by atomic mass is 35.5. The lowest BCUT2D eigenvalue weighted by atomic mass is 10.2. The van der Waals surface area contributed by atoms with Gasteiger partial charge in [-0.25, -0.2) is 9.82 Å². The van der Waals surface area contributed by atoms with Crippen molar-refractivity contribution in [2.45, 2.75) is 6.61 Å². The highest BCUT2D eigenvalue weighted by molar-refractivity contribution is 6.37. The zero-order valence-corrected chi connectivity index (χ0v) is 17.0. The fourth-order valence-electron chi connectivity index (χ4n) is 2.73. The fourth-order valence-corrected chi connectivity index (χ4v) is 3.35. The molecule has 0 aromatic heterocycles. The van der Waals surface area contributed by atoms with Crippen molar-refractivity contribution in [2.24, 2.45) is 5.10 Å². The summed E-state index contributed by atoms with van der Waals surface area (Å²) >= 11 is 12.5. The second-order valence-corrected chi connectivity index (χ2v) is 7.19. The van der Waals surface area contributed by atoms with Gasteiger partial charge < -0.3 is 9.47 Å². The average Bonchev–Trinajstić information content (AvgIpc) is 2.69. The molecule has 2 aromatic carbocycles. The van der Waals surface area contributed by atoms with Crippen LogP contribution < -0.4 is 10.2 Å². The molecule has 1 aliphatic heterocycles. The summed E-state index contributed by atoms with van der Waals surface area (Å²) in [4.78, 5) is 13.9. The molecule has 1 amide bonds. The number of benzene rings is 2. The van der Waals surface area contributed by atoms with E-state index in [1.165, 1.54) is 12.3 Å². The van der Waals surface area contributed by atoms with Crippen LogP contribution >= 0.6 is 23.2 Å². The van der Waals surface area contributed by atoms with Gasteiger partial charge in [-0.15, -0.1) is 0 Å². The van der Waals surface area contributed by atoms with Crippen molar-refractivity contribution < 1.29 is 18.7 Å². The quantitative estimate of drug-likeness (QED) is 0.529. The molecule has 2 aromatic rings. The fraction of sp³-hybridized carbons (Fsp3) is 0.300. The molecule has 29 heavy (non-hydrogen) atoms. The predicted octanol–water partition coefficient (Wildman–Crippen LogP) is 3.49. The molecule has 0 bridgehead atoms. The number of carbonyl (C=O) groups is 1. The van der Waals surface area contributed by atoms with Crippen molar-refractivity contribution in [2.75, 3.05) is 32.8 Å². The molecule has 1 N–H and O–H groups in total. The predicted molar refractivity (Wildman–Crippen MR) is 110 cm³/mol. The Kier molecular flexibility index (Phi) is 7.83. The van der Waals surface area contributed by atoms with Crippen molar-refractivity contribution >= 4 is 35.3 Å². The van der Waals surface area contributed by atoms with Gasteiger partial charge in [-0.3, -0.25) is 9.69 Å². The normalized spacial score (nSPS) is 14.9. The highest BCUT2D eigenvalue weighted by Crippen LogP contribution is 2.34. The largest absolute Gasteiger partial charge is 0.486 e. The van der Waals surface area contributed by atoms with Gasteiger partial charge in [0.2, 0.25) is 0 Å². The Hall–Kier alpha value is -2.19. The minimum absolute atomic E-state index is 0.00283. The maximum Gasteiger partial charge on any atom is 0.254 e. The van der Waals surface area contributed by atoms with Gasteiger partial charge in [0.15, 0.2) is 5.75 Å². The van der Waals surface area contributed by atoms with Gasteiger partial charge in [0, 0.05) is 18.7 Å². The van der Waals surface area contributed by atoms with Crippen LogP contribution in [0.5, 0.6) is 5.75 Å². The summed E-state index contributed by atoms with van der Waals surface area (Å²) in [5, 5.41) is 4.45. The number of nitrogens with zero attached hydrogens (tertiary/aromatic N) is 2. The Morgan fingerprint density at radius 3 is 2.62 bits per heavy atom. The van der Waals surface area contributed by atoms with Crippen LogP contribution in [0, 0.1) is 5.82 Å². The Bertz CT molecular complexity index is 866. The zero-order valence-electron chi connectivity index (χ0n) is 15.5. The SMILES string of the molecule is O=C(CN1CCOCC1)N/N=C/c1cc(Cl)c(OCc2ccccc2F)c(Cl)c1. The van der Waals surface area contributed by atoms with E-state index in [0.717, 1.165) is 13.1 Å². The standard InChI is InChI=1S/C20H20Cl2FN3O3/c21-16-9-14(11-24-25-19(27)12-26-5-7-28-8-6-26)10-17(22)20(16)29-13-15-3-1-2-4-18(15)23/h1-4,9-11H,5-8,12-13H2,(H,25,27)/b24-11+. The summed E-state index contributed by atoms with van der Waals surface area (Å²) in [5.41, 5.74) is 3.46. The molecule has 1 aliphatic rings. The monoisotopic (exact) mass is 439 g/mol. The summed E-state index contributed by atoms with van der Waals surface area (Å²) < 4.78 is 24.5. The lowest BCUT2D eigenvalue weighted by Gasteiger charge is -2.25. The zero-order chi connectivity index (χ0) is 20.6. The minimum Gasteiger partial charge on any atom is -0.486 e. The van der Waals surface area contributed by atoms with Crippen LogP contribution in [0.25, 0.3) is 0 Å². The Balaban J connectivity index is 1.56. The van der Waals surface area contributed by atoms with E-state index in [-0.39, 0.29) is 40.7 Å². The lowest BCUT2D eigenvalue weighted by Crippen LogP contribution is -2.42. The number of rotatable bonds is 7. The first-order chi connectivity index (χ1) is 14.0. The lowest BCUT2D eigenvalue weighted by molar-refractivity contribution is -0.123. The highest BCUT2D eigenvalue weighted by Gasteiger charge is 2.14. The van der Waals surface area contributed by atoms with Gasteiger partial charge in [-0.1, -0.05) is 41.4 Å². The van der Waals surface area contributed by atoms with E-state index >= 15 is 0 Å². The topological polar surface area (TPSA) is 63.2 Å². The van der Waals surface area contributed by atoms with Gasteiger partial charge in [0.05, 0.1) is 36.0 Å². The van der Waals surface area contributed by atoms with E-state index in [1.807, 2.05) is 4.90 Å². The second kappa shape index (κ2) is 10.5. The van der Waals surface area contributed by atoms with E-state index < -0.39 is 0 Å². The Morgan fingerprint density at radius 2 is 1.93 bits per heavy atom. The molecule has 1 heterocycles. The van der Waals surface area contributed by atoms with Gasteiger partial charge in [-0.05, 0) is 23.8 Å². The van der Waals surface area contributed by atoms with Crippen molar-refractivity contribution in [1.29, 1.82) is 0 Å². The number of hydrogen-bond acceptors (Lipinski definition) is 5. The number of hydrogen-bond donors (Lipinski definition) is 1. The number of amides is 1. The van der Waals surface area contributed by atoms with Crippen molar-refractivity contribution in [1.82, 2.24) is 10.3 Å². The average molecular weight is 440 g/mol. The molecular weight excluding hydrogens is 420 g/mol. The van der Waals surface area contributed by atoms with Crippen LogP contribution in [0.3, 0.4) is 0 Å². The maximum atomic E-state index is 13.7. The molecular formula is C20H20Cl2FN3O3. The summed E-state index contributed by atoms with van der Waals surface area (Å²) in [6, 6.07) is 9.50. The first-order valence-corrected chi connectivity index (χ1v) is 9.76. The van der Waals surface area contributed by atoms with Crippen molar-refractivity contribution in [3.63, 3.8) is 0 Å². The molecule has 1 fully saturated rings. The van der Waals surface area contributed by atoms with Gasteiger partial charge in [0.25, 0.3) is 5.91 Å². The van der Waals surface area contributed by atoms with Crippen LogP contribution in [0.4, 0.5) is 4.39 Å². The summed E-state index contributed by atoms with van der Waals surface area (Å²) in [5.74, 6) is -0.327. The number of hydrazone groups is 1. The van der Waals surface area contributed by atoms with Crippen molar-refractivity contribution in [3.05, 3.63) is 63.4 Å². The second-order valence-electron chi connectivity index (χ2n) is 6.38. The minimum atomic E-state index is -0.365. The Labute approximate surface area is 178 Å².